The Balaban J connectivity index is 1.13. The fourth-order valence-corrected chi connectivity index (χ4v) is 7.44. The number of furan rings is 1. The SMILES string of the molecule is [2H]c1ccc2oc3cc(-c4cc5ccccc5c5ccccc45)c([2H])c(-c4nc(-c5ccc(-c6ccc(-c7c([2H])c([2H])c([2H])c([2H])c7[2H])cc6)cc5)nc(-c5c([2H])c([2H])c([2H])c([2H])c5[2H])n4)c3c2c1. The number of nitrogens with zero attached hydrogens (tertiary/aromatic N) is 3. The number of fused-ring (bicyclic) bond motifs is 6. The summed E-state index contributed by atoms with van der Waals surface area (Å²) >= 11 is 0. The summed E-state index contributed by atoms with van der Waals surface area (Å²) in [5, 5.41) is 4.84. The molecule has 57 heavy (non-hydrogen) atoms. The van der Waals surface area contributed by atoms with Crippen LogP contribution in [0.5, 0.6) is 0 Å². The topological polar surface area (TPSA) is 51.8 Å². The molecule has 0 saturated heterocycles. The molecule has 0 amide bonds. The first kappa shape index (κ1) is 22.6. The van der Waals surface area contributed by atoms with Crippen molar-refractivity contribution in [2.45, 2.75) is 0 Å². The van der Waals surface area contributed by atoms with Crippen LogP contribution in [0.2, 0.25) is 0 Å². The summed E-state index contributed by atoms with van der Waals surface area (Å²) in [5.74, 6) is -0.176. The quantitative estimate of drug-likeness (QED) is 0.159. The van der Waals surface area contributed by atoms with E-state index in [1.807, 2.05) is 66.7 Å². The summed E-state index contributed by atoms with van der Waals surface area (Å²) in [6, 6.07) is 34.4. The zero-order chi connectivity index (χ0) is 48.2. The molecule has 2 aromatic heterocycles. The molecule has 2 heterocycles. The Morgan fingerprint density at radius 3 is 1.67 bits per heavy atom. The van der Waals surface area contributed by atoms with Crippen LogP contribution in [-0.4, -0.2) is 15.0 Å². The Bertz CT molecular complexity index is 3930. The minimum absolute atomic E-state index is 0.0209. The summed E-state index contributed by atoms with van der Waals surface area (Å²) in [4.78, 5) is 14.6. The number of hydrogen-bond acceptors (Lipinski definition) is 4. The van der Waals surface area contributed by atoms with Gasteiger partial charge in [-0.1, -0.05) is 176 Å². The van der Waals surface area contributed by atoms with E-state index in [1.165, 1.54) is 0 Å². The van der Waals surface area contributed by atoms with Gasteiger partial charge in [-0.05, 0) is 79.2 Å². The van der Waals surface area contributed by atoms with Gasteiger partial charge in [0.1, 0.15) is 11.2 Å². The first-order valence-electron chi connectivity index (χ1n) is 24.2. The van der Waals surface area contributed by atoms with E-state index in [4.69, 9.17) is 34.4 Å². The highest BCUT2D eigenvalue weighted by atomic mass is 16.3. The highest BCUT2D eigenvalue weighted by molar-refractivity contribution is 6.17. The second-order valence-corrected chi connectivity index (χ2v) is 13.5. The van der Waals surface area contributed by atoms with Crippen molar-refractivity contribution in [3.8, 4) is 67.5 Å². The largest absolute Gasteiger partial charge is 0.456 e. The average Bonchev–Trinajstić information content (AvgIpc) is 3.73. The monoisotopic (exact) mass is 739 g/mol. The Kier molecular flexibility index (Phi) is 5.38. The van der Waals surface area contributed by atoms with Crippen molar-refractivity contribution >= 4 is 43.5 Å². The molecule has 0 bridgehead atoms. The highest BCUT2D eigenvalue weighted by Crippen LogP contribution is 2.42. The lowest BCUT2D eigenvalue weighted by molar-refractivity contribution is 0.669. The average molecular weight is 740 g/mol. The van der Waals surface area contributed by atoms with Crippen molar-refractivity contribution in [2.24, 2.45) is 0 Å². The third kappa shape index (κ3) is 5.83. The number of aromatic nitrogens is 3. The molecule has 0 spiro atoms. The smallest absolute Gasteiger partial charge is 0.164 e. The summed E-state index contributed by atoms with van der Waals surface area (Å²) in [6.45, 7) is 0. The molecule has 9 aromatic carbocycles. The first-order valence-corrected chi connectivity index (χ1v) is 18.2. The lowest BCUT2D eigenvalue weighted by Gasteiger charge is -2.14. The van der Waals surface area contributed by atoms with Gasteiger partial charge in [-0.2, -0.15) is 0 Å². The first-order chi connectivity index (χ1) is 33.2. The van der Waals surface area contributed by atoms with Gasteiger partial charge in [0.25, 0.3) is 0 Å². The molecule has 0 N–H and O–H groups in total. The predicted octanol–water partition coefficient (Wildman–Crippen LogP) is 14.1. The van der Waals surface area contributed by atoms with Gasteiger partial charge in [0.2, 0.25) is 0 Å². The molecule has 0 radical (unpaired) electrons. The van der Waals surface area contributed by atoms with Crippen LogP contribution in [0.4, 0.5) is 0 Å². The van der Waals surface area contributed by atoms with Gasteiger partial charge in [0.15, 0.2) is 17.5 Å². The molecule has 11 rings (SSSR count). The third-order valence-corrected chi connectivity index (χ3v) is 10.1. The molecule has 0 aliphatic carbocycles. The predicted molar refractivity (Wildman–Crippen MR) is 235 cm³/mol. The lowest BCUT2D eigenvalue weighted by atomic mass is 9.91. The Labute approximate surface area is 346 Å². The van der Waals surface area contributed by atoms with Crippen LogP contribution in [0, 0.1) is 0 Å². The van der Waals surface area contributed by atoms with Crippen molar-refractivity contribution in [2.75, 3.05) is 0 Å². The second kappa shape index (κ2) is 13.6. The molecule has 0 unspecified atom stereocenters. The molecule has 4 nitrogen and oxygen atoms in total. The fraction of sp³-hybridized carbons (Fsp3) is 0. The normalized spacial score (nSPS) is 14.5. The van der Waals surface area contributed by atoms with Gasteiger partial charge in [-0.25, -0.2) is 15.0 Å². The molecular formula is C53H33N3O. The van der Waals surface area contributed by atoms with Crippen molar-refractivity contribution in [1.29, 1.82) is 0 Å². The summed E-state index contributed by atoms with van der Waals surface area (Å²) in [7, 11) is 0. The van der Waals surface area contributed by atoms with Crippen LogP contribution < -0.4 is 0 Å². The van der Waals surface area contributed by atoms with Crippen LogP contribution in [0.3, 0.4) is 0 Å². The van der Waals surface area contributed by atoms with Crippen LogP contribution in [-0.2, 0) is 0 Å². The maximum absolute atomic E-state index is 10.1. The summed E-state index contributed by atoms with van der Waals surface area (Å²) in [5.41, 5.74) is 4.59. The van der Waals surface area contributed by atoms with E-state index in [0.29, 0.717) is 38.6 Å². The van der Waals surface area contributed by atoms with Gasteiger partial charge in [-0.15, -0.1) is 0 Å². The van der Waals surface area contributed by atoms with E-state index in [9.17, 15) is 1.37 Å². The van der Waals surface area contributed by atoms with E-state index in [0.717, 1.165) is 38.2 Å². The third-order valence-electron chi connectivity index (χ3n) is 10.1. The Morgan fingerprint density at radius 2 is 0.947 bits per heavy atom. The maximum atomic E-state index is 10.1. The molecule has 4 heteroatoms. The zero-order valence-electron chi connectivity index (χ0n) is 41.9. The summed E-state index contributed by atoms with van der Waals surface area (Å²) in [6.07, 6.45) is 0. The molecule has 0 saturated carbocycles. The zero-order valence-corrected chi connectivity index (χ0v) is 29.9. The second-order valence-electron chi connectivity index (χ2n) is 13.5. The molecular weight excluding hydrogens is 695 g/mol. The van der Waals surface area contributed by atoms with Crippen LogP contribution >= 0.6 is 0 Å². The van der Waals surface area contributed by atoms with Gasteiger partial charge < -0.3 is 4.42 Å². The van der Waals surface area contributed by atoms with Crippen LogP contribution in [0.15, 0.2) is 204 Å². The summed E-state index contributed by atoms with van der Waals surface area (Å²) < 4.78 is 110. The minimum atomic E-state index is -0.582. The van der Waals surface area contributed by atoms with Gasteiger partial charge in [0, 0.05) is 27.5 Å². The number of hydrogen-bond donors (Lipinski definition) is 0. The number of para-hydroxylation sites is 1. The van der Waals surface area contributed by atoms with Gasteiger partial charge in [-0.3, -0.25) is 0 Å². The van der Waals surface area contributed by atoms with Crippen molar-refractivity contribution < 1.29 is 20.9 Å². The molecule has 0 aliphatic heterocycles. The van der Waals surface area contributed by atoms with E-state index >= 15 is 0 Å². The standard InChI is InChI=1S/C53H33N3O/c1-3-13-34(14-4-1)35-23-25-36(26-24-35)37-27-29-39(30-28-37)52-54-51(38-15-5-2-6-16-38)55-53(56-52)47-32-41(33-49-50(47)45-21-11-12-22-48(45)57-49)46-31-40-17-7-8-18-42(40)43-19-9-10-20-44(43)46/h1-33H/i1D,2D,3D,4D,5D,6D,11D,13D,14D,15D,16D,32D. The highest BCUT2D eigenvalue weighted by Gasteiger charge is 2.21. The maximum Gasteiger partial charge on any atom is 0.164 e. The van der Waals surface area contributed by atoms with Crippen molar-refractivity contribution in [1.82, 2.24) is 15.0 Å². The van der Waals surface area contributed by atoms with E-state index in [-0.39, 0.29) is 58.3 Å². The van der Waals surface area contributed by atoms with E-state index in [1.54, 1.807) is 54.6 Å². The molecule has 0 atom stereocenters. The van der Waals surface area contributed by atoms with Crippen molar-refractivity contribution in [3.05, 3.63) is 200 Å². The van der Waals surface area contributed by atoms with Crippen molar-refractivity contribution in [3.63, 3.8) is 0 Å². The molecule has 0 aliphatic rings. The molecule has 11 aromatic rings. The minimum Gasteiger partial charge on any atom is -0.456 e. The number of benzene rings is 9. The van der Waals surface area contributed by atoms with Gasteiger partial charge >= 0.3 is 0 Å². The fourth-order valence-electron chi connectivity index (χ4n) is 7.44. The van der Waals surface area contributed by atoms with Gasteiger partial charge in [0.05, 0.1) is 16.4 Å². The molecule has 266 valence electrons. The Hall–Kier alpha value is -7.69. The number of rotatable bonds is 6. The Morgan fingerprint density at radius 1 is 0.368 bits per heavy atom. The van der Waals surface area contributed by atoms with E-state index in [2.05, 4.69) is 6.07 Å². The molecule has 0 fully saturated rings. The van der Waals surface area contributed by atoms with Crippen LogP contribution in [0.25, 0.3) is 111 Å². The lowest BCUT2D eigenvalue weighted by Crippen LogP contribution is -2.00. The van der Waals surface area contributed by atoms with E-state index < -0.39 is 48.3 Å². The van der Waals surface area contributed by atoms with Crippen LogP contribution in [0.1, 0.15) is 16.4 Å².